The Morgan fingerprint density at radius 1 is 1.14 bits per heavy atom. The molecule has 1 saturated heterocycles. The van der Waals surface area contributed by atoms with Crippen molar-refractivity contribution in [3.8, 4) is 11.6 Å². The molecule has 0 bridgehead atoms. The molecule has 1 unspecified atom stereocenters. The van der Waals surface area contributed by atoms with E-state index in [1.807, 2.05) is 6.07 Å². The minimum Gasteiger partial charge on any atom is -0.497 e. The van der Waals surface area contributed by atoms with Gasteiger partial charge in [-0.15, -0.1) is 6.58 Å². The van der Waals surface area contributed by atoms with Crippen LogP contribution in [0.3, 0.4) is 0 Å². The van der Waals surface area contributed by atoms with Gasteiger partial charge < -0.3 is 34.5 Å². The summed E-state index contributed by atoms with van der Waals surface area (Å²) < 4.78 is 49.9. The normalized spacial score (nSPS) is 24.4. The molecule has 2 aliphatic carbocycles. The molecule has 1 aromatic heterocycles. The number of nitrogens with one attached hydrogen (secondary N) is 3. The van der Waals surface area contributed by atoms with Crippen molar-refractivity contribution in [2.75, 3.05) is 20.8 Å². The molecule has 16 heteroatoms. The van der Waals surface area contributed by atoms with E-state index in [-0.39, 0.29) is 25.3 Å². The highest BCUT2D eigenvalue weighted by Crippen LogP contribution is 2.45. The summed E-state index contributed by atoms with van der Waals surface area (Å²) in [6.45, 7) is 10.3. The van der Waals surface area contributed by atoms with Gasteiger partial charge in [-0.2, -0.15) is 0 Å². The van der Waals surface area contributed by atoms with E-state index in [2.05, 4.69) is 26.9 Å². The molecule has 50 heavy (non-hydrogen) atoms. The number of pyridine rings is 1. The summed E-state index contributed by atoms with van der Waals surface area (Å²) in [6, 6.07) is 4.71. The Morgan fingerprint density at radius 2 is 1.86 bits per heavy atom. The van der Waals surface area contributed by atoms with Crippen LogP contribution in [0.25, 0.3) is 10.8 Å². The number of hydrogen-bond acceptors (Lipinski definition) is 11. The highest BCUT2D eigenvalue weighted by molar-refractivity contribution is 7.91. The van der Waals surface area contributed by atoms with Crippen LogP contribution < -0.4 is 24.8 Å². The number of hydrogen-bond donors (Lipinski definition) is 3. The molecule has 3 fully saturated rings. The van der Waals surface area contributed by atoms with Crippen LogP contribution in [0.2, 0.25) is 0 Å². The maximum Gasteiger partial charge on any atom is 0.408 e. The van der Waals surface area contributed by atoms with Crippen molar-refractivity contribution in [2.45, 2.75) is 94.1 Å². The van der Waals surface area contributed by atoms with E-state index < -0.39 is 80.4 Å². The lowest BCUT2D eigenvalue weighted by Crippen LogP contribution is -2.60. The third kappa shape index (κ3) is 7.96. The molecule has 5 rings (SSSR count). The van der Waals surface area contributed by atoms with Gasteiger partial charge in [-0.25, -0.2) is 18.2 Å². The number of benzene rings is 1. The average Bonchev–Trinajstić information content (AvgIpc) is 3.98. The SMILES string of the molecule is C=C[C@@H]1C[C@]1(NC(=O)[C@@H]1C[C@@H](Oc2nccc3cc(OC)ccc23)CN1C(=O)C(NC(=O)OC(C)(C)C)[C@@H](C)OC)C(=O)NS(=O)(=O)C1CC1. The van der Waals surface area contributed by atoms with Crippen molar-refractivity contribution < 1.29 is 46.5 Å². The maximum atomic E-state index is 14.3. The molecule has 1 aromatic carbocycles. The molecule has 1 aliphatic heterocycles. The van der Waals surface area contributed by atoms with Gasteiger partial charge in [0.05, 0.1) is 25.0 Å². The van der Waals surface area contributed by atoms with E-state index in [9.17, 15) is 27.6 Å². The zero-order valence-corrected chi connectivity index (χ0v) is 29.9. The number of carbonyl (C=O) groups is 4. The fraction of sp³-hybridized carbons (Fsp3) is 0.559. The molecule has 2 heterocycles. The number of aromatic nitrogens is 1. The number of sulfonamides is 1. The number of carbonyl (C=O) groups excluding carboxylic acids is 4. The fourth-order valence-corrected chi connectivity index (χ4v) is 7.39. The number of alkyl carbamates (subject to hydrolysis) is 1. The lowest BCUT2D eigenvalue weighted by Gasteiger charge is -2.32. The topological polar surface area (TPSA) is 192 Å². The first kappa shape index (κ1) is 36.8. The highest BCUT2D eigenvalue weighted by atomic mass is 32.2. The van der Waals surface area contributed by atoms with Gasteiger partial charge in [0, 0.05) is 31.0 Å². The van der Waals surface area contributed by atoms with Gasteiger partial charge >= 0.3 is 6.09 Å². The first-order valence-corrected chi connectivity index (χ1v) is 18.0. The quantitative estimate of drug-likeness (QED) is 0.258. The van der Waals surface area contributed by atoms with Crippen LogP contribution in [0.4, 0.5) is 4.79 Å². The van der Waals surface area contributed by atoms with E-state index in [4.69, 9.17) is 18.9 Å². The second-order valence-corrected chi connectivity index (χ2v) is 15.9. The van der Waals surface area contributed by atoms with Crippen LogP contribution in [0.15, 0.2) is 43.1 Å². The number of fused-ring (bicyclic) bond motifs is 1. The average molecular weight is 716 g/mol. The monoisotopic (exact) mass is 715 g/mol. The molecular formula is C34H45N5O10S. The summed E-state index contributed by atoms with van der Waals surface area (Å²) in [4.78, 5) is 60.3. The molecule has 3 N–H and O–H groups in total. The minimum atomic E-state index is -3.90. The van der Waals surface area contributed by atoms with Crippen molar-refractivity contribution in [1.29, 1.82) is 0 Å². The second-order valence-electron chi connectivity index (χ2n) is 13.9. The number of amides is 4. The lowest BCUT2D eigenvalue weighted by atomic mass is 10.1. The van der Waals surface area contributed by atoms with Crippen molar-refractivity contribution in [1.82, 2.24) is 25.2 Å². The summed E-state index contributed by atoms with van der Waals surface area (Å²) >= 11 is 0. The van der Waals surface area contributed by atoms with Crippen LogP contribution in [-0.4, -0.2) is 104 Å². The first-order chi connectivity index (χ1) is 23.5. The second kappa shape index (κ2) is 14.1. The molecule has 4 amide bonds. The molecule has 272 valence electrons. The molecule has 15 nitrogen and oxygen atoms in total. The summed E-state index contributed by atoms with van der Waals surface area (Å²) in [7, 11) is -0.968. The first-order valence-electron chi connectivity index (χ1n) is 16.4. The van der Waals surface area contributed by atoms with Crippen molar-refractivity contribution in [3.63, 3.8) is 0 Å². The van der Waals surface area contributed by atoms with Gasteiger partial charge in [-0.3, -0.25) is 19.1 Å². The van der Waals surface area contributed by atoms with Crippen LogP contribution in [0, 0.1) is 5.92 Å². The predicted octanol–water partition coefficient (Wildman–Crippen LogP) is 2.19. The summed E-state index contributed by atoms with van der Waals surface area (Å²) in [5.41, 5.74) is -2.43. The Hall–Kier alpha value is -4.44. The molecule has 0 radical (unpaired) electrons. The van der Waals surface area contributed by atoms with Gasteiger partial charge in [-0.1, -0.05) is 6.08 Å². The van der Waals surface area contributed by atoms with E-state index in [0.29, 0.717) is 24.0 Å². The van der Waals surface area contributed by atoms with Gasteiger partial charge in [-0.05, 0) is 76.6 Å². The summed E-state index contributed by atoms with van der Waals surface area (Å²) in [5.74, 6) is -1.85. The minimum absolute atomic E-state index is 0.0108. The Kier molecular flexibility index (Phi) is 10.4. The van der Waals surface area contributed by atoms with Crippen LogP contribution >= 0.6 is 0 Å². The van der Waals surface area contributed by atoms with Crippen LogP contribution in [0.5, 0.6) is 11.6 Å². The molecular weight excluding hydrogens is 670 g/mol. The Bertz CT molecular complexity index is 1770. The molecule has 2 aromatic rings. The zero-order valence-electron chi connectivity index (χ0n) is 29.1. The zero-order chi connectivity index (χ0) is 36.6. The maximum absolute atomic E-state index is 14.3. The van der Waals surface area contributed by atoms with Gasteiger partial charge in [0.2, 0.25) is 27.7 Å². The predicted molar refractivity (Wildman–Crippen MR) is 182 cm³/mol. The van der Waals surface area contributed by atoms with Crippen molar-refractivity contribution >= 4 is 44.6 Å². The van der Waals surface area contributed by atoms with E-state index in [0.717, 1.165) is 5.39 Å². The molecule has 3 aliphatic rings. The van der Waals surface area contributed by atoms with Gasteiger partial charge in [0.25, 0.3) is 5.91 Å². The van der Waals surface area contributed by atoms with Gasteiger partial charge in [0.15, 0.2) is 0 Å². The Balaban J connectivity index is 1.44. The van der Waals surface area contributed by atoms with Gasteiger partial charge in [0.1, 0.15) is 35.1 Å². The van der Waals surface area contributed by atoms with E-state index in [1.165, 1.54) is 18.1 Å². The Morgan fingerprint density at radius 3 is 2.46 bits per heavy atom. The fourth-order valence-electron chi connectivity index (χ4n) is 6.03. The number of nitrogens with zero attached hydrogens (tertiary/aromatic N) is 2. The number of rotatable bonds is 13. The highest BCUT2D eigenvalue weighted by Gasteiger charge is 2.62. The summed E-state index contributed by atoms with van der Waals surface area (Å²) in [6.07, 6.45) is 1.62. The largest absolute Gasteiger partial charge is 0.497 e. The third-order valence-corrected chi connectivity index (χ3v) is 10.9. The Labute approximate surface area is 291 Å². The van der Waals surface area contributed by atoms with E-state index >= 15 is 0 Å². The summed E-state index contributed by atoms with van der Waals surface area (Å²) in [5, 5.41) is 6.15. The van der Waals surface area contributed by atoms with Crippen LogP contribution in [0.1, 0.15) is 53.4 Å². The smallest absolute Gasteiger partial charge is 0.408 e. The van der Waals surface area contributed by atoms with Crippen molar-refractivity contribution in [2.24, 2.45) is 5.92 Å². The number of ether oxygens (including phenoxy) is 4. The van der Waals surface area contributed by atoms with E-state index in [1.54, 1.807) is 59.2 Å². The van der Waals surface area contributed by atoms with Crippen molar-refractivity contribution in [3.05, 3.63) is 43.1 Å². The lowest BCUT2D eigenvalue weighted by molar-refractivity contribution is -0.143. The standard InChI is InChI=1S/C34H45N5O10S/c1-8-21-17-34(21,31(42)38-50(44,45)24-10-11-24)37-28(40)26-16-23(48-29-25-12-9-22(47-7)15-20(25)13-14-35-29)18-39(26)30(41)27(19(2)46-6)36-32(43)49-33(3,4)5/h8-9,12-15,19,21,23-24,26-27H,1,10-11,16-18H2,2-7H3,(H,36,43)(H,37,40)(H,38,42)/t19-,21-,23-,26+,27?,34-/m1/s1. The third-order valence-electron chi connectivity index (χ3n) is 9.09. The molecule has 2 saturated carbocycles. The number of methoxy groups -OCH3 is 2. The molecule has 6 atom stereocenters. The number of likely N-dealkylation sites (tertiary alicyclic amines) is 1. The molecule has 0 spiro atoms. The van der Waals surface area contributed by atoms with Crippen LogP contribution in [-0.2, 0) is 33.9 Å².